The zero-order valence-electron chi connectivity index (χ0n) is 14.1. The third-order valence-electron chi connectivity index (χ3n) is 5.04. The van der Waals surface area contributed by atoms with Crippen molar-refractivity contribution in [2.24, 2.45) is 0 Å². The van der Waals surface area contributed by atoms with E-state index in [-0.39, 0.29) is 5.60 Å². The van der Waals surface area contributed by atoms with Crippen LogP contribution in [-0.2, 0) is 11.2 Å². The van der Waals surface area contributed by atoms with Gasteiger partial charge in [-0.15, -0.1) is 0 Å². The van der Waals surface area contributed by atoms with E-state index in [9.17, 15) is 0 Å². The van der Waals surface area contributed by atoms with Crippen LogP contribution in [0.25, 0.3) is 0 Å². The van der Waals surface area contributed by atoms with Gasteiger partial charge in [-0.3, -0.25) is 0 Å². The molecule has 3 atom stereocenters. The molecule has 1 aromatic rings. The molecule has 0 spiro atoms. The molecule has 3 unspecified atom stereocenters. The first-order valence-corrected chi connectivity index (χ1v) is 8.59. The maximum absolute atomic E-state index is 6.13. The van der Waals surface area contributed by atoms with Crippen LogP contribution in [0, 0.1) is 0 Å². The van der Waals surface area contributed by atoms with E-state index >= 15 is 0 Å². The zero-order chi connectivity index (χ0) is 15.3. The van der Waals surface area contributed by atoms with Crippen LogP contribution >= 0.6 is 0 Å². The lowest BCUT2D eigenvalue weighted by molar-refractivity contribution is -0.0587. The van der Waals surface area contributed by atoms with Gasteiger partial charge in [-0.1, -0.05) is 38.1 Å². The average Bonchev–Trinajstić information content (AvgIpc) is 2.47. The van der Waals surface area contributed by atoms with Crippen molar-refractivity contribution in [2.75, 3.05) is 13.2 Å². The monoisotopic (exact) mass is 289 g/mol. The molecule has 118 valence electrons. The van der Waals surface area contributed by atoms with E-state index < -0.39 is 0 Å². The van der Waals surface area contributed by atoms with Crippen LogP contribution in [0.5, 0.6) is 0 Å². The molecule has 1 aliphatic carbocycles. The first kappa shape index (κ1) is 16.5. The van der Waals surface area contributed by atoms with Crippen molar-refractivity contribution >= 4 is 0 Å². The van der Waals surface area contributed by atoms with Gasteiger partial charge in [-0.05, 0) is 63.1 Å². The lowest BCUT2D eigenvalue weighted by Gasteiger charge is -2.41. The van der Waals surface area contributed by atoms with E-state index in [0.717, 1.165) is 19.6 Å². The average molecular weight is 289 g/mol. The van der Waals surface area contributed by atoms with Crippen molar-refractivity contribution in [3.63, 3.8) is 0 Å². The molecule has 0 saturated heterocycles. The Balaban J connectivity index is 2.07. The second kappa shape index (κ2) is 7.42. The van der Waals surface area contributed by atoms with E-state index in [2.05, 4.69) is 57.3 Å². The fourth-order valence-corrected chi connectivity index (χ4v) is 3.50. The van der Waals surface area contributed by atoms with Crippen molar-refractivity contribution < 1.29 is 4.74 Å². The van der Waals surface area contributed by atoms with E-state index in [4.69, 9.17) is 4.74 Å². The van der Waals surface area contributed by atoms with Crippen LogP contribution in [0.4, 0.5) is 0 Å². The number of rotatable bonds is 9. The molecule has 0 fully saturated rings. The predicted octanol–water partition coefficient (Wildman–Crippen LogP) is 4.29. The summed E-state index contributed by atoms with van der Waals surface area (Å²) in [6.45, 7) is 10.7. The molecule has 0 radical (unpaired) electrons. The van der Waals surface area contributed by atoms with Crippen molar-refractivity contribution in [1.82, 2.24) is 5.32 Å². The molecule has 1 N–H and O–H groups in total. The Morgan fingerprint density at radius 2 is 2.05 bits per heavy atom. The minimum Gasteiger partial charge on any atom is -0.374 e. The van der Waals surface area contributed by atoms with E-state index in [0.29, 0.717) is 12.0 Å². The number of ether oxygens (including phenoxy) is 1. The molecule has 2 nitrogen and oxygen atoms in total. The van der Waals surface area contributed by atoms with Gasteiger partial charge in [0.2, 0.25) is 0 Å². The summed E-state index contributed by atoms with van der Waals surface area (Å²) in [5, 5.41) is 3.75. The Labute approximate surface area is 130 Å². The molecule has 0 amide bonds. The zero-order valence-corrected chi connectivity index (χ0v) is 14.1. The summed E-state index contributed by atoms with van der Waals surface area (Å²) in [5.41, 5.74) is 3.02. The van der Waals surface area contributed by atoms with Gasteiger partial charge in [0.1, 0.15) is 0 Å². The van der Waals surface area contributed by atoms with Gasteiger partial charge in [-0.25, -0.2) is 0 Å². The summed E-state index contributed by atoms with van der Waals surface area (Å²) in [5.74, 6) is 0.696. The van der Waals surface area contributed by atoms with Gasteiger partial charge < -0.3 is 10.1 Å². The largest absolute Gasteiger partial charge is 0.374 e. The molecule has 0 saturated carbocycles. The molecule has 1 aromatic carbocycles. The predicted molar refractivity (Wildman–Crippen MR) is 89.9 cm³/mol. The first-order valence-electron chi connectivity index (χ1n) is 8.59. The fraction of sp³-hybridized carbons (Fsp3) is 0.684. The Kier molecular flexibility index (Phi) is 5.83. The normalized spacial score (nSPS) is 21.2. The molecular weight excluding hydrogens is 258 g/mol. The molecule has 0 aliphatic heterocycles. The summed E-state index contributed by atoms with van der Waals surface area (Å²) in [7, 11) is 0. The van der Waals surface area contributed by atoms with Crippen molar-refractivity contribution in [2.45, 2.75) is 70.9 Å². The quantitative estimate of drug-likeness (QED) is 0.732. The smallest absolute Gasteiger partial charge is 0.0804 e. The van der Waals surface area contributed by atoms with Crippen molar-refractivity contribution in [1.29, 1.82) is 0 Å². The number of hydrogen-bond acceptors (Lipinski definition) is 2. The summed E-state index contributed by atoms with van der Waals surface area (Å²) in [4.78, 5) is 0. The third-order valence-corrected chi connectivity index (χ3v) is 5.04. The Morgan fingerprint density at radius 1 is 1.29 bits per heavy atom. The molecule has 0 heterocycles. The summed E-state index contributed by atoms with van der Waals surface area (Å²) in [6.07, 6.45) is 4.63. The highest BCUT2D eigenvalue weighted by atomic mass is 16.5. The Hall–Kier alpha value is -0.860. The van der Waals surface area contributed by atoms with E-state index in [1.165, 1.54) is 24.8 Å². The number of hydrogen-bond donors (Lipinski definition) is 1. The Bertz CT molecular complexity index is 445. The van der Waals surface area contributed by atoms with Gasteiger partial charge in [0, 0.05) is 12.6 Å². The van der Waals surface area contributed by atoms with Gasteiger partial charge in [0.05, 0.1) is 5.60 Å². The highest BCUT2D eigenvalue weighted by Gasteiger charge is 2.37. The molecule has 0 bridgehead atoms. The topological polar surface area (TPSA) is 21.3 Å². The Morgan fingerprint density at radius 3 is 2.67 bits per heavy atom. The number of nitrogens with one attached hydrogen (secondary N) is 1. The highest BCUT2D eigenvalue weighted by Crippen LogP contribution is 2.40. The summed E-state index contributed by atoms with van der Waals surface area (Å²) in [6, 6.07) is 9.31. The molecule has 2 heteroatoms. The van der Waals surface area contributed by atoms with E-state index in [1.54, 1.807) is 5.56 Å². The van der Waals surface area contributed by atoms with Gasteiger partial charge >= 0.3 is 0 Å². The van der Waals surface area contributed by atoms with Gasteiger partial charge in [0.25, 0.3) is 0 Å². The van der Waals surface area contributed by atoms with Crippen LogP contribution in [0.2, 0.25) is 0 Å². The second-order valence-corrected chi connectivity index (χ2v) is 6.44. The molecule has 0 aromatic heterocycles. The minimum atomic E-state index is -0.0611. The molecule has 2 rings (SSSR count). The summed E-state index contributed by atoms with van der Waals surface area (Å²) < 4.78 is 6.13. The third kappa shape index (κ3) is 3.67. The summed E-state index contributed by atoms with van der Waals surface area (Å²) >= 11 is 0. The number of fused-ring (bicyclic) bond motifs is 1. The van der Waals surface area contributed by atoms with Gasteiger partial charge in [-0.2, -0.15) is 0 Å². The van der Waals surface area contributed by atoms with Crippen molar-refractivity contribution in [3.8, 4) is 0 Å². The number of benzene rings is 1. The van der Waals surface area contributed by atoms with Crippen LogP contribution in [0.1, 0.15) is 64.0 Å². The van der Waals surface area contributed by atoms with Crippen LogP contribution in [0.3, 0.4) is 0 Å². The van der Waals surface area contributed by atoms with Crippen LogP contribution in [-0.4, -0.2) is 24.8 Å². The first-order chi connectivity index (χ1) is 10.1. The maximum atomic E-state index is 6.13. The molecule has 21 heavy (non-hydrogen) atoms. The highest BCUT2D eigenvalue weighted by molar-refractivity contribution is 5.40. The fourth-order valence-electron chi connectivity index (χ4n) is 3.50. The maximum Gasteiger partial charge on any atom is 0.0804 e. The molecule has 1 aliphatic rings. The van der Waals surface area contributed by atoms with Crippen LogP contribution < -0.4 is 5.32 Å². The lowest BCUT2D eigenvalue weighted by atomic mass is 9.72. The second-order valence-electron chi connectivity index (χ2n) is 6.44. The van der Waals surface area contributed by atoms with Crippen molar-refractivity contribution in [3.05, 3.63) is 35.4 Å². The van der Waals surface area contributed by atoms with E-state index in [1.807, 2.05) is 0 Å². The van der Waals surface area contributed by atoms with Crippen LogP contribution in [0.15, 0.2) is 24.3 Å². The van der Waals surface area contributed by atoms with Gasteiger partial charge in [0.15, 0.2) is 0 Å². The molecular formula is C19H31NO. The minimum absolute atomic E-state index is 0.0611. The standard InChI is InChI=1S/C19H31NO/c1-5-12-20-18(19(4,6-2)21-7-3)14-16-13-15-10-8-9-11-17(15)16/h8-11,16,18,20H,5-7,12-14H2,1-4H3. The SMILES string of the molecule is CCCNC(CC1Cc2ccccc21)C(C)(CC)OCC. The lowest BCUT2D eigenvalue weighted by Crippen LogP contribution is -2.51.